The molecular weight excluding hydrogens is 320 g/mol. The molecule has 0 aliphatic carbocycles. The van der Waals surface area contributed by atoms with Gasteiger partial charge >= 0.3 is 5.97 Å². The van der Waals surface area contributed by atoms with Crippen LogP contribution in [0.1, 0.15) is 24.2 Å². The van der Waals surface area contributed by atoms with E-state index in [2.05, 4.69) is 10.4 Å². The standard InChI is InChI=1S/C18H22N4O3/c1-12-17(13(2)22(20-12)14-7-4-3-5-8-14)19-16(23)11-21-10-6-9-15(21)18(24)25/h3-5,7-8,15H,6,9-11H2,1-2H3,(H,19,23)(H,24,25)/t15-/m1/s1. The van der Waals surface area contributed by atoms with Crippen molar-refractivity contribution in [3.8, 4) is 5.69 Å². The smallest absolute Gasteiger partial charge is 0.320 e. The zero-order valence-corrected chi connectivity index (χ0v) is 14.4. The maximum Gasteiger partial charge on any atom is 0.320 e. The summed E-state index contributed by atoms with van der Waals surface area (Å²) in [5, 5.41) is 16.6. The van der Waals surface area contributed by atoms with Crippen LogP contribution in [0, 0.1) is 13.8 Å². The van der Waals surface area contributed by atoms with Gasteiger partial charge in [0.2, 0.25) is 5.91 Å². The number of anilines is 1. The molecule has 0 saturated carbocycles. The second kappa shape index (κ2) is 7.06. The average molecular weight is 342 g/mol. The first-order chi connectivity index (χ1) is 12.0. The number of para-hydroxylation sites is 1. The van der Waals surface area contributed by atoms with E-state index in [1.807, 2.05) is 44.2 Å². The number of likely N-dealkylation sites (tertiary alicyclic amines) is 1. The summed E-state index contributed by atoms with van der Waals surface area (Å²) in [6.45, 7) is 4.45. The van der Waals surface area contributed by atoms with Gasteiger partial charge in [-0.1, -0.05) is 18.2 Å². The Morgan fingerprint density at radius 2 is 2.00 bits per heavy atom. The lowest BCUT2D eigenvalue weighted by Crippen LogP contribution is -2.41. The Kier molecular flexibility index (Phi) is 4.85. The van der Waals surface area contributed by atoms with Crippen LogP contribution in [0.4, 0.5) is 5.69 Å². The lowest BCUT2D eigenvalue weighted by molar-refractivity contribution is -0.142. The van der Waals surface area contributed by atoms with Gasteiger partial charge in [-0.25, -0.2) is 4.68 Å². The predicted octanol–water partition coefficient (Wildman–Crippen LogP) is 1.98. The second-order valence-corrected chi connectivity index (χ2v) is 6.31. The van der Waals surface area contributed by atoms with E-state index in [0.29, 0.717) is 18.7 Å². The number of benzene rings is 1. The third-order valence-corrected chi connectivity index (χ3v) is 4.55. The largest absolute Gasteiger partial charge is 0.480 e. The molecule has 1 aromatic carbocycles. The van der Waals surface area contributed by atoms with E-state index in [1.165, 1.54) is 0 Å². The highest BCUT2D eigenvalue weighted by Crippen LogP contribution is 2.23. The van der Waals surface area contributed by atoms with Crippen molar-refractivity contribution < 1.29 is 14.7 Å². The molecule has 7 nitrogen and oxygen atoms in total. The lowest BCUT2D eigenvalue weighted by Gasteiger charge is -2.20. The van der Waals surface area contributed by atoms with Gasteiger partial charge in [0.1, 0.15) is 6.04 Å². The lowest BCUT2D eigenvalue weighted by atomic mass is 10.2. The number of nitrogens with zero attached hydrogens (tertiary/aromatic N) is 3. The summed E-state index contributed by atoms with van der Waals surface area (Å²) in [5.41, 5.74) is 3.17. The van der Waals surface area contributed by atoms with Gasteiger partial charge in [-0.15, -0.1) is 0 Å². The quantitative estimate of drug-likeness (QED) is 0.867. The molecule has 1 amide bonds. The number of nitrogens with one attached hydrogen (secondary N) is 1. The number of hydrogen-bond donors (Lipinski definition) is 2. The van der Waals surface area contributed by atoms with Crippen LogP contribution < -0.4 is 5.32 Å². The fourth-order valence-electron chi connectivity index (χ4n) is 3.30. The predicted molar refractivity (Wildman–Crippen MR) is 93.9 cm³/mol. The van der Waals surface area contributed by atoms with Crippen LogP contribution in [0.3, 0.4) is 0 Å². The second-order valence-electron chi connectivity index (χ2n) is 6.31. The number of carboxylic acid groups (broad SMARTS) is 1. The minimum absolute atomic E-state index is 0.0758. The molecule has 0 bridgehead atoms. The van der Waals surface area contributed by atoms with Crippen LogP contribution in [0.2, 0.25) is 0 Å². The molecule has 7 heteroatoms. The Morgan fingerprint density at radius 1 is 1.28 bits per heavy atom. The molecule has 1 atom stereocenters. The monoisotopic (exact) mass is 342 g/mol. The molecule has 0 unspecified atom stereocenters. The van der Waals surface area contributed by atoms with E-state index < -0.39 is 12.0 Å². The molecular formula is C18H22N4O3. The number of aromatic nitrogens is 2. The van der Waals surface area contributed by atoms with Crippen molar-refractivity contribution in [2.45, 2.75) is 32.7 Å². The van der Waals surface area contributed by atoms with Crippen LogP contribution in [0.15, 0.2) is 30.3 Å². The fraction of sp³-hybridized carbons (Fsp3) is 0.389. The zero-order valence-electron chi connectivity index (χ0n) is 14.4. The molecule has 2 heterocycles. The van der Waals surface area contributed by atoms with Crippen molar-refractivity contribution in [3.05, 3.63) is 41.7 Å². The number of aliphatic carboxylic acids is 1. The minimum atomic E-state index is -0.866. The van der Waals surface area contributed by atoms with E-state index >= 15 is 0 Å². The van der Waals surface area contributed by atoms with Gasteiger partial charge in [0, 0.05) is 0 Å². The molecule has 1 aliphatic rings. The first kappa shape index (κ1) is 17.2. The van der Waals surface area contributed by atoms with Crippen LogP contribution in [-0.2, 0) is 9.59 Å². The van der Waals surface area contributed by atoms with Crippen molar-refractivity contribution in [2.24, 2.45) is 0 Å². The molecule has 1 aliphatic heterocycles. The number of rotatable bonds is 5. The first-order valence-electron chi connectivity index (χ1n) is 8.35. The normalized spacial score (nSPS) is 17.6. The van der Waals surface area contributed by atoms with Crippen molar-refractivity contribution in [1.29, 1.82) is 0 Å². The van der Waals surface area contributed by atoms with Crippen molar-refractivity contribution in [3.63, 3.8) is 0 Å². The number of carbonyl (C=O) groups is 2. The molecule has 1 aromatic heterocycles. The van der Waals surface area contributed by atoms with Gasteiger partial charge < -0.3 is 10.4 Å². The Bertz CT molecular complexity index is 785. The Hall–Kier alpha value is -2.67. The summed E-state index contributed by atoms with van der Waals surface area (Å²) >= 11 is 0. The van der Waals surface area contributed by atoms with Crippen LogP contribution in [0.25, 0.3) is 5.69 Å². The van der Waals surface area contributed by atoms with Gasteiger partial charge in [0.05, 0.1) is 29.3 Å². The number of hydrogen-bond acceptors (Lipinski definition) is 4. The Labute approximate surface area is 146 Å². The molecule has 132 valence electrons. The van der Waals surface area contributed by atoms with E-state index in [9.17, 15) is 14.7 Å². The number of carbonyl (C=O) groups excluding carboxylic acids is 1. The molecule has 25 heavy (non-hydrogen) atoms. The SMILES string of the molecule is Cc1nn(-c2ccccc2)c(C)c1NC(=O)CN1CCC[C@@H]1C(=O)O. The molecule has 2 aromatic rings. The van der Waals surface area contributed by atoms with Crippen molar-refractivity contribution in [2.75, 3.05) is 18.4 Å². The zero-order chi connectivity index (χ0) is 18.0. The summed E-state index contributed by atoms with van der Waals surface area (Å²) in [6, 6.07) is 9.14. The summed E-state index contributed by atoms with van der Waals surface area (Å²) < 4.78 is 1.79. The molecule has 0 spiro atoms. The Morgan fingerprint density at radius 3 is 2.68 bits per heavy atom. The van der Waals surface area contributed by atoms with E-state index in [0.717, 1.165) is 23.5 Å². The summed E-state index contributed by atoms with van der Waals surface area (Å²) in [7, 11) is 0. The highest BCUT2D eigenvalue weighted by Gasteiger charge is 2.31. The fourth-order valence-corrected chi connectivity index (χ4v) is 3.30. The Balaban J connectivity index is 1.74. The maximum atomic E-state index is 12.4. The molecule has 1 fully saturated rings. The average Bonchev–Trinajstić information content (AvgIpc) is 3.15. The van der Waals surface area contributed by atoms with E-state index in [-0.39, 0.29) is 12.5 Å². The third kappa shape index (κ3) is 3.56. The van der Waals surface area contributed by atoms with Gasteiger partial charge in [0.25, 0.3) is 0 Å². The number of amides is 1. The van der Waals surface area contributed by atoms with Crippen molar-refractivity contribution >= 4 is 17.6 Å². The van der Waals surface area contributed by atoms with Gasteiger partial charge in [-0.3, -0.25) is 14.5 Å². The highest BCUT2D eigenvalue weighted by molar-refractivity contribution is 5.93. The van der Waals surface area contributed by atoms with Gasteiger partial charge in [-0.05, 0) is 45.4 Å². The third-order valence-electron chi connectivity index (χ3n) is 4.55. The topological polar surface area (TPSA) is 87.5 Å². The number of aryl methyl sites for hydroxylation is 1. The summed E-state index contributed by atoms with van der Waals surface area (Å²) in [4.78, 5) is 25.3. The molecule has 0 radical (unpaired) electrons. The van der Waals surface area contributed by atoms with Gasteiger partial charge in [-0.2, -0.15) is 5.10 Å². The summed E-state index contributed by atoms with van der Waals surface area (Å²) in [6.07, 6.45) is 1.39. The van der Waals surface area contributed by atoms with E-state index in [4.69, 9.17) is 0 Å². The highest BCUT2D eigenvalue weighted by atomic mass is 16.4. The minimum Gasteiger partial charge on any atom is -0.480 e. The molecule has 3 rings (SSSR count). The summed E-state index contributed by atoms with van der Waals surface area (Å²) in [5.74, 6) is -1.08. The first-order valence-corrected chi connectivity index (χ1v) is 8.35. The van der Waals surface area contributed by atoms with Gasteiger partial charge in [0.15, 0.2) is 0 Å². The van der Waals surface area contributed by atoms with Crippen LogP contribution in [0.5, 0.6) is 0 Å². The molecule has 2 N–H and O–H groups in total. The molecule has 1 saturated heterocycles. The maximum absolute atomic E-state index is 12.4. The van der Waals surface area contributed by atoms with E-state index in [1.54, 1.807) is 9.58 Å². The van der Waals surface area contributed by atoms with Crippen LogP contribution in [-0.4, -0.2) is 50.8 Å². The van der Waals surface area contributed by atoms with Crippen LogP contribution >= 0.6 is 0 Å². The number of carboxylic acids is 1. The van der Waals surface area contributed by atoms with Crippen molar-refractivity contribution in [1.82, 2.24) is 14.7 Å².